The summed E-state index contributed by atoms with van der Waals surface area (Å²) in [5.74, 6) is 0.289. The second-order valence-corrected chi connectivity index (χ2v) is 7.34. The molecule has 1 aromatic heterocycles. The second kappa shape index (κ2) is 8.05. The maximum Gasteiger partial charge on any atom is 0.247 e. The Morgan fingerprint density at radius 3 is 2.48 bits per heavy atom. The zero-order valence-corrected chi connectivity index (χ0v) is 16.7. The van der Waals surface area contributed by atoms with Gasteiger partial charge in [0.05, 0.1) is 0 Å². The summed E-state index contributed by atoms with van der Waals surface area (Å²) in [7, 11) is 0. The van der Waals surface area contributed by atoms with E-state index in [-0.39, 0.29) is 17.7 Å². The smallest absolute Gasteiger partial charge is 0.247 e. The van der Waals surface area contributed by atoms with Gasteiger partial charge in [0.25, 0.3) is 0 Å². The molecule has 4 aromatic rings. The molecule has 0 spiro atoms. The van der Waals surface area contributed by atoms with Gasteiger partial charge < -0.3 is 9.73 Å². The SMILES string of the molecule is Cc1ccc(N[C@@H](c2ccc(Cl)cc2)c2nnc(-c3cccc(F)c3)o2)c(C)c1. The van der Waals surface area contributed by atoms with Crippen LogP contribution < -0.4 is 5.32 Å². The van der Waals surface area contributed by atoms with E-state index in [0.717, 1.165) is 16.8 Å². The fourth-order valence-electron chi connectivity index (χ4n) is 3.16. The van der Waals surface area contributed by atoms with E-state index in [9.17, 15) is 4.39 Å². The highest BCUT2D eigenvalue weighted by Gasteiger charge is 2.22. The summed E-state index contributed by atoms with van der Waals surface area (Å²) >= 11 is 6.06. The third-order valence-electron chi connectivity index (χ3n) is 4.64. The Morgan fingerprint density at radius 2 is 1.76 bits per heavy atom. The van der Waals surface area contributed by atoms with Gasteiger partial charge in [0.1, 0.15) is 11.9 Å². The van der Waals surface area contributed by atoms with Crippen LogP contribution in [0, 0.1) is 19.7 Å². The second-order valence-electron chi connectivity index (χ2n) is 6.90. The van der Waals surface area contributed by atoms with E-state index >= 15 is 0 Å². The lowest BCUT2D eigenvalue weighted by Gasteiger charge is -2.19. The largest absolute Gasteiger partial charge is 0.418 e. The molecular formula is C23H19ClFN3O. The standard InChI is InChI=1S/C23H19ClFN3O/c1-14-6-11-20(15(2)12-14)26-21(16-7-9-18(24)10-8-16)23-28-27-22(29-23)17-4-3-5-19(25)13-17/h3-13,21,26H,1-2H3/t21-/m0/s1. The van der Waals surface area contributed by atoms with E-state index in [1.807, 2.05) is 43.3 Å². The Kier molecular flexibility index (Phi) is 5.32. The number of hydrogen-bond donors (Lipinski definition) is 1. The van der Waals surface area contributed by atoms with Crippen LogP contribution in [0.2, 0.25) is 5.02 Å². The molecule has 0 radical (unpaired) electrons. The molecule has 1 atom stereocenters. The molecule has 6 heteroatoms. The Hall–Kier alpha value is -3.18. The van der Waals surface area contributed by atoms with Crippen LogP contribution in [0.5, 0.6) is 0 Å². The van der Waals surface area contributed by atoms with Crippen molar-refractivity contribution >= 4 is 17.3 Å². The first kappa shape index (κ1) is 19.2. The molecule has 0 aliphatic carbocycles. The number of aryl methyl sites for hydroxylation is 2. The number of benzene rings is 3. The van der Waals surface area contributed by atoms with E-state index in [1.54, 1.807) is 12.1 Å². The van der Waals surface area contributed by atoms with Gasteiger partial charge in [0.15, 0.2) is 0 Å². The normalized spacial score (nSPS) is 12.0. The first-order valence-corrected chi connectivity index (χ1v) is 9.56. The van der Waals surface area contributed by atoms with E-state index in [2.05, 4.69) is 28.5 Å². The molecule has 4 nitrogen and oxygen atoms in total. The van der Waals surface area contributed by atoms with Gasteiger partial charge in [-0.15, -0.1) is 10.2 Å². The molecule has 0 saturated carbocycles. The van der Waals surface area contributed by atoms with Crippen LogP contribution in [0.4, 0.5) is 10.1 Å². The molecule has 4 rings (SSSR count). The van der Waals surface area contributed by atoms with Crippen molar-refractivity contribution < 1.29 is 8.81 Å². The maximum absolute atomic E-state index is 13.6. The molecule has 0 aliphatic rings. The van der Waals surface area contributed by atoms with Gasteiger partial charge in [-0.05, 0) is 61.4 Å². The summed E-state index contributed by atoms with van der Waals surface area (Å²) in [4.78, 5) is 0. The average molecular weight is 408 g/mol. The predicted octanol–water partition coefficient (Wildman–Crippen LogP) is 6.35. The minimum absolute atomic E-state index is 0.265. The van der Waals surface area contributed by atoms with Crippen molar-refractivity contribution in [2.75, 3.05) is 5.32 Å². The molecule has 0 aliphatic heterocycles. The lowest BCUT2D eigenvalue weighted by Crippen LogP contribution is -2.13. The quantitative estimate of drug-likeness (QED) is 0.419. The Balaban J connectivity index is 1.73. The van der Waals surface area contributed by atoms with Crippen LogP contribution in [0.15, 0.2) is 71.1 Å². The van der Waals surface area contributed by atoms with Crippen LogP contribution >= 0.6 is 11.6 Å². The van der Waals surface area contributed by atoms with Crippen molar-refractivity contribution in [2.45, 2.75) is 19.9 Å². The molecule has 29 heavy (non-hydrogen) atoms. The number of nitrogens with one attached hydrogen (secondary N) is 1. The van der Waals surface area contributed by atoms with Crippen molar-refractivity contribution in [2.24, 2.45) is 0 Å². The lowest BCUT2D eigenvalue weighted by molar-refractivity contribution is 0.493. The van der Waals surface area contributed by atoms with Crippen LogP contribution in [-0.4, -0.2) is 10.2 Å². The summed E-state index contributed by atoms with van der Waals surface area (Å²) in [6, 6.07) is 19.3. The zero-order valence-electron chi connectivity index (χ0n) is 16.0. The van der Waals surface area contributed by atoms with Crippen LogP contribution in [0.3, 0.4) is 0 Å². The third kappa shape index (κ3) is 4.30. The Labute approximate surface area is 173 Å². The topological polar surface area (TPSA) is 51.0 Å². The van der Waals surface area contributed by atoms with E-state index in [4.69, 9.17) is 16.0 Å². The van der Waals surface area contributed by atoms with Gasteiger partial charge in [-0.2, -0.15) is 0 Å². The average Bonchev–Trinajstić information content (AvgIpc) is 3.18. The molecule has 0 bridgehead atoms. The van der Waals surface area contributed by atoms with Crippen molar-refractivity contribution in [3.05, 3.63) is 100 Å². The maximum atomic E-state index is 13.6. The number of aromatic nitrogens is 2. The summed E-state index contributed by atoms with van der Waals surface area (Å²) < 4.78 is 19.5. The molecular weight excluding hydrogens is 389 g/mol. The summed E-state index contributed by atoms with van der Waals surface area (Å²) in [5, 5.41) is 12.5. The van der Waals surface area contributed by atoms with Gasteiger partial charge in [-0.25, -0.2) is 4.39 Å². The molecule has 3 aromatic carbocycles. The summed E-state index contributed by atoms with van der Waals surface area (Å²) in [6.45, 7) is 4.09. The molecule has 0 fully saturated rings. The number of nitrogens with zero attached hydrogens (tertiary/aromatic N) is 2. The highest BCUT2D eigenvalue weighted by molar-refractivity contribution is 6.30. The fourth-order valence-corrected chi connectivity index (χ4v) is 3.29. The molecule has 1 heterocycles. The van der Waals surface area contributed by atoms with Gasteiger partial charge in [-0.1, -0.05) is 47.5 Å². The molecule has 0 unspecified atom stereocenters. The number of rotatable bonds is 5. The Morgan fingerprint density at radius 1 is 0.966 bits per heavy atom. The highest BCUT2D eigenvalue weighted by Crippen LogP contribution is 2.30. The first-order chi connectivity index (χ1) is 14.0. The van der Waals surface area contributed by atoms with E-state index in [0.29, 0.717) is 16.5 Å². The van der Waals surface area contributed by atoms with E-state index in [1.165, 1.54) is 17.7 Å². The minimum Gasteiger partial charge on any atom is -0.418 e. The van der Waals surface area contributed by atoms with Gasteiger partial charge in [-0.3, -0.25) is 0 Å². The zero-order chi connectivity index (χ0) is 20.4. The molecule has 1 N–H and O–H groups in total. The number of halogens is 2. The summed E-state index contributed by atoms with van der Waals surface area (Å²) in [5.41, 5.74) is 4.70. The summed E-state index contributed by atoms with van der Waals surface area (Å²) in [6.07, 6.45) is 0. The minimum atomic E-state index is -0.386. The third-order valence-corrected chi connectivity index (χ3v) is 4.90. The number of hydrogen-bond acceptors (Lipinski definition) is 4. The van der Waals surface area contributed by atoms with Gasteiger partial charge in [0, 0.05) is 16.3 Å². The van der Waals surface area contributed by atoms with Crippen molar-refractivity contribution in [3.63, 3.8) is 0 Å². The van der Waals surface area contributed by atoms with Crippen LogP contribution in [-0.2, 0) is 0 Å². The Bertz CT molecular complexity index is 1140. The lowest BCUT2D eigenvalue weighted by atomic mass is 10.0. The van der Waals surface area contributed by atoms with Crippen LogP contribution in [0.1, 0.15) is 28.6 Å². The molecule has 0 amide bonds. The van der Waals surface area contributed by atoms with E-state index < -0.39 is 0 Å². The van der Waals surface area contributed by atoms with Crippen molar-refractivity contribution in [1.82, 2.24) is 10.2 Å². The monoisotopic (exact) mass is 407 g/mol. The van der Waals surface area contributed by atoms with Crippen LogP contribution in [0.25, 0.3) is 11.5 Å². The molecule has 146 valence electrons. The molecule has 0 saturated heterocycles. The van der Waals surface area contributed by atoms with Gasteiger partial charge in [0.2, 0.25) is 11.8 Å². The predicted molar refractivity (Wildman–Crippen MR) is 113 cm³/mol. The number of anilines is 1. The van der Waals surface area contributed by atoms with Crippen molar-refractivity contribution in [3.8, 4) is 11.5 Å². The first-order valence-electron chi connectivity index (χ1n) is 9.18. The fraction of sp³-hybridized carbons (Fsp3) is 0.130. The van der Waals surface area contributed by atoms with Gasteiger partial charge >= 0.3 is 0 Å². The van der Waals surface area contributed by atoms with Crippen molar-refractivity contribution in [1.29, 1.82) is 0 Å². The highest BCUT2D eigenvalue weighted by atomic mass is 35.5.